The van der Waals surface area contributed by atoms with Gasteiger partial charge in [0.05, 0.1) is 17.4 Å². The van der Waals surface area contributed by atoms with E-state index in [0.29, 0.717) is 31.3 Å². The van der Waals surface area contributed by atoms with E-state index >= 15 is 0 Å². The summed E-state index contributed by atoms with van der Waals surface area (Å²) in [5, 5.41) is 18.4. The molecular formula is C23H24N8O2. The Hall–Kier alpha value is -4.21. The van der Waals surface area contributed by atoms with Crippen molar-refractivity contribution in [1.82, 2.24) is 29.6 Å². The smallest absolute Gasteiger partial charge is 0.407 e. The molecule has 1 aromatic carbocycles. The van der Waals surface area contributed by atoms with Crippen LogP contribution in [0.2, 0.25) is 0 Å². The van der Waals surface area contributed by atoms with Gasteiger partial charge >= 0.3 is 6.09 Å². The van der Waals surface area contributed by atoms with Crippen molar-refractivity contribution in [3.8, 4) is 5.69 Å². The first-order valence-corrected chi connectivity index (χ1v) is 10.7. The Balaban J connectivity index is 1.52. The summed E-state index contributed by atoms with van der Waals surface area (Å²) in [5.41, 5.74) is 2.96. The van der Waals surface area contributed by atoms with Crippen LogP contribution in [0.25, 0.3) is 16.6 Å². The van der Waals surface area contributed by atoms with E-state index in [0.717, 1.165) is 28.0 Å². The SMILES string of the molecule is Cc1ccc2c(Nc3cnccn3)nn(-c3ccnc(N4CCN(C(=O)O)C[C@@H]4C)c3)c2c1. The molecule has 33 heavy (non-hydrogen) atoms. The molecule has 1 fully saturated rings. The maximum absolute atomic E-state index is 11.3. The highest BCUT2D eigenvalue weighted by molar-refractivity contribution is 5.93. The molecule has 0 aliphatic carbocycles. The second-order valence-electron chi connectivity index (χ2n) is 8.14. The highest BCUT2D eigenvalue weighted by atomic mass is 16.4. The number of amides is 1. The summed E-state index contributed by atoms with van der Waals surface area (Å²) in [6.07, 6.45) is 5.79. The van der Waals surface area contributed by atoms with Gasteiger partial charge in [0.1, 0.15) is 11.6 Å². The number of carbonyl (C=O) groups is 1. The molecule has 1 amide bonds. The van der Waals surface area contributed by atoms with Crippen molar-refractivity contribution in [2.45, 2.75) is 19.9 Å². The molecule has 2 N–H and O–H groups in total. The first kappa shape index (κ1) is 20.7. The van der Waals surface area contributed by atoms with E-state index in [9.17, 15) is 9.90 Å². The van der Waals surface area contributed by atoms with Gasteiger partial charge in [-0.2, -0.15) is 0 Å². The van der Waals surface area contributed by atoms with Gasteiger partial charge in [-0.1, -0.05) is 6.07 Å². The normalized spacial score (nSPS) is 16.2. The average Bonchev–Trinajstić information content (AvgIpc) is 3.17. The Morgan fingerprint density at radius 1 is 1.12 bits per heavy atom. The van der Waals surface area contributed by atoms with Gasteiger partial charge in [0.2, 0.25) is 0 Å². The van der Waals surface area contributed by atoms with Crippen LogP contribution in [0.3, 0.4) is 0 Å². The third-order valence-corrected chi connectivity index (χ3v) is 5.81. The fraction of sp³-hybridized carbons (Fsp3) is 0.261. The summed E-state index contributed by atoms with van der Waals surface area (Å²) in [5.74, 6) is 2.10. The predicted octanol–water partition coefficient (Wildman–Crippen LogP) is 3.45. The number of hydrogen-bond acceptors (Lipinski definition) is 7. The summed E-state index contributed by atoms with van der Waals surface area (Å²) in [4.78, 5) is 27.9. The van der Waals surface area contributed by atoms with Crippen molar-refractivity contribution in [3.63, 3.8) is 0 Å². The number of pyridine rings is 1. The number of aryl methyl sites for hydroxylation is 1. The Labute approximate surface area is 190 Å². The van der Waals surface area contributed by atoms with Gasteiger partial charge in [-0.25, -0.2) is 19.4 Å². The van der Waals surface area contributed by atoms with Crippen LogP contribution in [0.15, 0.2) is 55.1 Å². The lowest BCUT2D eigenvalue weighted by Crippen LogP contribution is -2.53. The fourth-order valence-corrected chi connectivity index (χ4v) is 4.17. The Morgan fingerprint density at radius 2 is 2.00 bits per heavy atom. The number of carboxylic acid groups (broad SMARTS) is 1. The van der Waals surface area contributed by atoms with E-state index in [1.807, 2.05) is 36.7 Å². The van der Waals surface area contributed by atoms with Gasteiger partial charge in [-0.15, -0.1) is 5.10 Å². The highest BCUT2D eigenvalue weighted by Crippen LogP contribution is 2.29. The molecule has 4 heterocycles. The number of anilines is 3. The summed E-state index contributed by atoms with van der Waals surface area (Å²) in [6, 6.07) is 10.1. The van der Waals surface area contributed by atoms with Crippen molar-refractivity contribution in [2.75, 3.05) is 29.9 Å². The first-order chi connectivity index (χ1) is 16.0. The molecule has 10 heteroatoms. The first-order valence-electron chi connectivity index (χ1n) is 10.7. The molecule has 0 radical (unpaired) electrons. The molecule has 1 aliphatic rings. The highest BCUT2D eigenvalue weighted by Gasteiger charge is 2.27. The van der Waals surface area contributed by atoms with Gasteiger partial charge in [0, 0.05) is 55.7 Å². The number of benzene rings is 1. The number of aromatic nitrogens is 5. The van der Waals surface area contributed by atoms with Gasteiger partial charge < -0.3 is 20.2 Å². The predicted molar refractivity (Wildman–Crippen MR) is 125 cm³/mol. The summed E-state index contributed by atoms with van der Waals surface area (Å²) in [6.45, 7) is 5.54. The minimum Gasteiger partial charge on any atom is -0.465 e. The fourth-order valence-electron chi connectivity index (χ4n) is 4.17. The lowest BCUT2D eigenvalue weighted by Gasteiger charge is -2.39. The largest absolute Gasteiger partial charge is 0.465 e. The van der Waals surface area contributed by atoms with Gasteiger partial charge in [-0.05, 0) is 37.6 Å². The molecule has 0 bridgehead atoms. The minimum absolute atomic E-state index is 0.0168. The Kier molecular flexibility index (Phi) is 5.25. The molecule has 10 nitrogen and oxygen atoms in total. The zero-order chi connectivity index (χ0) is 22.9. The Morgan fingerprint density at radius 3 is 2.76 bits per heavy atom. The number of nitrogens with zero attached hydrogens (tertiary/aromatic N) is 7. The molecule has 0 saturated carbocycles. The molecule has 0 unspecified atom stereocenters. The lowest BCUT2D eigenvalue weighted by molar-refractivity contribution is 0.136. The molecule has 1 saturated heterocycles. The van der Waals surface area contributed by atoms with E-state index in [2.05, 4.69) is 37.3 Å². The second kappa shape index (κ2) is 8.38. The number of fused-ring (bicyclic) bond motifs is 1. The van der Waals surface area contributed by atoms with Crippen LogP contribution in [0, 0.1) is 6.92 Å². The number of rotatable bonds is 4. The topological polar surface area (TPSA) is 112 Å². The van der Waals surface area contributed by atoms with E-state index < -0.39 is 6.09 Å². The van der Waals surface area contributed by atoms with Gasteiger partial charge in [0.25, 0.3) is 0 Å². The van der Waals surface area contributed by atoms with Crippen LogP contribution in [0.1, 0.15) is 12.5 Å². The van der Waals surface area contributed by atoms with Gasteiger partial charge in [-0.3, -0.25) is 4.98 Å². The summed E-state index contributed by atoms with van der Waals surface area (Å²) >= 11 is 0. The molecule has 5 rings (SSSR count). The molecule has 4 aromatic rings. The maximum atomic E-state index is 11.3. The monoisotopic (exact) mass is 444 g/mol. The number of hydrogen-bond donors (Lipinski definition) is 2. The molecule has 0 spiro atoms. The van der Waals surface area contributed by atoms with Crippen molar-refractivity contribution < 1.29 is 9.90 Å². The van der Waals surface area contributed by atoms with E-state index in [4.69, 9.17) is 5.10 Å². The van der Waals surface area contributed by atoms with Crippen molar-refractivity contribution in [3.05, 3.63) is 60.7 Å². The zero-order valence-corrected chi connectivity index (χ0v) is 18.4. The molecule has 1 atom stereocenters. The summed E-state index contributed by atoms with van der Waals surface area (Å²) < 4.78 is 1.89. The van der Waals surface area contributed by atoms with Crippen molar-refractivity contribution >= 4 is 34.4 Å². The second-order valence-corrected chi connectivity index (χ2v) is 8.14. The number of piperazine rings is 1. The van der Waals surface area contributed by atoms with Crippen LogP contribution in [0.4, 0.5) is 22.2 Å². The van der Waals surface area contributed by atoms with Crippen LogP contribution in [-0.4, -0.2) is 66.5 Å². The van der Waals surface area contributed by atoms with Gasteiger partial charge in [0.15, 0.2) is 5.82 Å². The van der Waals surface area contributed by atoms with E-state index in [1.54, 1.807) is 24.8 Å². The molecule has 3 aromatic heterocycles. The van der Waals surface area contributed by atoms with Crippen molar-refractivity contribution in [2.24, 2.45) is 0 Å². The molecule has 168 valence electrons. The number of nitrogens with one attached hydrogen (secondary N) is 1. The summed E-state index contributed by atoms with van der Waals surface area (Å²) in [7, 11) is 0. The van der Waals surface area contributed by atoms with Crippen LogP contribution in [0.5, 0.6) is 0 Å². The molecule has 1 aliphatic heterocycles. The van der Waals surface area contributed by atoms with Crippen LogP contribution in [-0.2, 0) is 0 Å². The van der Waals surface area contributed by atoms with E-state index in [-0.39, 0.29) is 6.04 Å². The third kappa shape index (κ3) is 4.02. The third-order valence-electron chi connectivity index (χ3n) is 5.81. The lowest BCUT2D eigenvalue weighted by atomic mass is 10.1. The Bertz CT molecular complexity index is 1310. The van der Waals surface area contributed by atoms with E-state index in [1.165, 1.54) is 4.90 Å². The quantitative estimate of drug-likeness (QED) is 0.492. The maximum Gasteiger partial charge on any atom is 0.407 e. The van der Waals surface area contributed by atoms with Crippen LogP contribution < -0.4 is 10.2 Å². The zero-order valence-electron chi connectivity index (χ0n) is 18.4. The average molecular weight is 444 g/mol. The minimum atomic E-state index is -0.885. The molecular weight excluding hydrogens is 420 g/mol. The van der Waals surface area contributed by atoms with Crippen LogP contribution >= 0.6 is 0 Å². The van der Waals surface area contributed by atoms with Crippen molar-refractivity contribution in [1.29, 1.82) is 0 Å². The standard InChI is InChI=1S/C23H24N8O2/c1-15-3-4-18-19(11-15)31(28-22(18)27-20-13-24-7-8-25-20)17-5-6-26-21(12-17)30-10-9-29(23(32)33)14-16(30)2/h3-8,11-13,16H,9-10,14H2,1-2H3,(H,32,33)(H,25,27,28)/t16-/m0/s1.